The van der Waals surface area contributed by atoms with Crippen LogP contribution in [-0.4, -0.2) is 52.7 Å². The number of carbonyl (C=O) groups is 2. The van der Waals surface area contributed by atoms with Crippen LogP contribution in [0.3, 0.4) is 0 Å². The fourth-order valence-electron chi connectivity index (χ4n) is 2.57. The van der Waals surface area contributed by atoms with Crippen LogP contribution < -0.4 is 10.6 Å². The molecule has 1 aromatic rings. The fraction of sp³-hybridized carbons (Fsp3) is 0.571. The van der Waals surface area contributed by atoms with Gasteiger partial charge in [0.1, 0.15) is 5.69 Å². The molecule has 2 amide bonds. The van der Waals surface area contributed by atoms with Gasteiger partial charge in [0.25, 0.3) is 0 Å². The van der Waals surface area contributed by atoms with Gasteiger partial charge in [0.05, 0.1) is 5.69 Å². The molecule has 0 aromatic carbocycles. The average molecular weight is 294 g/mol. The predicted molar refractivity (Wildman–Crippen MR) is 79.8 cm³/mol. The zero-order valence-electron chi connectivity index (χ0n) is 12.4. The number of aromatic carboxylic acids is 1. The van der Waals surface area contributed by atoms with Crippen molar-refractivity contribution in [3.8, 4) is 0 Å². The molecule has 1 aliphatic heterocycles. The van der Waals surface area contributed by atoms with Crippen molar-refractivity contribution >= 4 is 17.7 Å². The Labute approximate surface area is 123 Å². The quantitative estimate of drug-likeness (QED) is 0.663. The molecule has 2 heterocycles. The molecule has 4 N–H and O–H groups in total. The van der Waals surface area contributed by atoms with Crippen LogP contribution in [0.25, 0.3) is 0 Å². The molecular formula is C14H22N4O3. The monoisotopic (exact) mass is 294 g/mol. The highest BCUT2D eigenvalue weighted by Gasteiger charge is 2.19. The van der Waals surface area contributed by atoms with E-state index in [1.165, 1.54) is 12.8 Å². The highest BCUT2D eigenvalue weighted by molar-refractivity contribution is 5.99. The summed E-state index contributed by atoms with van der Waals surface area (Å²) in [5.74, 6) is -1.09. The molecule has 1 aliphatic rings. The van der Waals surface area contributed by atoms with Gasteiger partial charge < -0.3 is 20.7 Å². The number of rotatable bonds is 5. The van der Waals surface area contributed by atoms with E-state index >= 15 is 0 Å². The van der Waals surface area contributed by atoms with Crippen LogP contribution in [0.2, 0.25) is 0 Å². The number of carboxylic acid groups (broad SMARTS) is 1. The Balaban J connectivity index is 1.85. The second-order valence-corrected chi connectivity index (χ2v) is 5.47. The van der Waals surface area contributed by atoms with E-state index < -0.39 is 5.97 Å². The number of hydrogen-bond acceptors (Lipinski definition) is 3. The number of hydrogen-bond donors (Lipinski definition) is 4. The SMILES string of the molecule is Cc1cc(NC(=O)NCC(C)N2CCCC2)c(C(=O)O)[nH]1. The number of H-pyrrole nitrogens is 1. The molecule has 0 aliphatic carbocycles. The minimum absolute atomic E-state index is 0.00441. The van der Waals surface area contributed by atoms with Crippen molar-refractivity contribution in [3.05, 3.63) is 17.5 Å². The number of carboxylic acids is 1. The van der Waals surface area contributed by atoms with E-state index in [4.69, 9.17) is 5.11 Å². The summed E-state index contributed by atoms with van der Waals surface area (Å²) >= 11 is 0. The van der Waals surface area contributed by atoms with Gasteiger partial charge >= 0.3 is 12.0 Å². The minimum Gasteiger partial charge on any atom is -0.477 e. The number of aryl methyl sites for hydroxylation is 1. The molecule has 1 aromatic heterocycles. The van der Waals surface area contributed by atoms with Crippen LogP contribution in [0.5, 0.6) is 0 Å². The summed E-state index contributed by atoms with van der Waals surface area (Å²) in [6, 6.07) is 1.50. The van der Waals surface area contributed by atoms with Crippen LogP contribution >= 0.6 is 0 Å². The smallest absolute Gasteiger partial charge is 0.354 e. The van der Waals surface area contributed by atoms with Gasteiger partial charge in [-0.05, 0) is 45.8 Å². The molecule has 7 heteroatoms. The maximum absolute atomic E-state index is 11.9. The highest BCUT2D eigenvalue weighted by atomic mass is 16.4. The van der Waals surface area contributed by atoms with Crippen LogP contribution in [0.4, 0.5) is 10.5 Å². The Morgan fingerprint density at radius 2 is 2.10 bits per heavy atom. The molecule has 2 rings (SSSR count). The van der Waals surface area contributed by atoms with E-state index in [1.54, 1.807) is 13.0 Å². The van der Waals surface area contributed by atoms with E-state index in [9.17, 15) is 9.59 Å². The van der Waals surface area contributed by atoms with E-state index in [-0.39, 0.29) is 23.5 Å². The first-order chi connectivity index (χ1) is 9.97. The lowest BCUT2D eigenvalue weighted by atomic mass is 10.3. The lowest BCUT2D eigenvalue weighted by molar-refractivity contribution is 0.0692. The largest absolute Gasteiger partial charge is 0.477 e. The number of anilines is 1. The Morgan fingerprint density at radius 3 is 2.71 bits per heavy atom. The van der Waals surface area contributed by atoms with Crippen molar-refractivity contribution in [3.63, 3.8) is 0 Å². The predicted octanol–water partition coefficient (Wildman–Crippen LogP) is 1.63. The standard InChI is InChI=1S/C14H22N4O3/c1-9-7-11(12(16-9)13(19)20)17-14(21)15-8-10(2)18-5-3-4-6-18/h7,10,16H,3-6,8H2,1-2H3,(H,19,20)(H2,15,17,21). The molecule has 116 valence electrons. The number of aromatic nitrogens is 1. The van der Waals surface area contributed by atoms with Crippen LogP contribution in [0.15, 0.2) is 6.07 Å². The number of nitrogens with one attached hydrogen (secondary N) is 3. The van der Waals surface area contributed by atoms with E-state index in [0.717, 1.165) is 13.1 Å². The van der Waals surface area contributed by atoms with Crippen molar-refractivity contribution in [2.45, 2.75) is 32.7 Å². The van der Waals surface area contributed by atoms with E-state index in [2.05, 4.69) is 27.4 Å². The van der Waals surface area contributed by atoms with Crippen molar-refractivity contribution in [1.82, 2.24) is 15.2 Å². The molecule has 21 heavy (non-hydrogen) atoms. The molecule has 1 atom stereocenters. The van der Waals surface area contributed by atoms with Crippen molar-refractivity contribution in [2.24, 2.45) is 0 Å². The summed E-state index contributed by atoms with van der Waals surface area (Å²) in [7, 11) is 0. The van der Waals surface area contributed by atoms with Gasteiger partial charge in [-0.3, -0.25) is 4.90 Å². The van der Waals surface area contributed by atoms with Gasteiger partial charge in [0.15, 0.2) is 0 Å². The third-order valence-electron chi connectivity index (χ3n) is 3.74. The number of amides is 2. The molecule has 0 radical (unpaired) electrons. The number of aromatic amines is 1. The fourth-order valence-corrected chi connectivity index (χ4v) is 2.57. The second-order valence-electron chi connectivity index (χ2n) is 5.47. The summed E-state index contributed by atoms with van der Waals surface area (Å²) in [4.78, 5) is 28.0. The Morgan fingerprint density at radius 1 is 1.43 bits per heavy atom. The Hall–Kier alpha value is -2.02. The molecule has 0 bridgehead atoms. The zero-order chi connectivity index (χ0) is 15.4. The minimum atomic E-state index is -1.09. The number of nitrogens with zero attached hydrogens (tertiary/aromatic N) is 1. The summed E-state index contributed by atoms with van der Waals surface area (Å²) in [6.07, 6.45) is 2.42. The van der Waals surface area contributed by atoms with Crippen molar-refractivity contribution in [1.29, 1.82) is 0 Å². The average Bonchev–Trinajstić information content (AvgIpc) is 3.05. The van der Waals surface area contributed by atoms with Crippen LogP contribution in [-0.2, 0) is 0 Å². The van der Waals surface area contributed by atoms with Crippen molar-refractivity contribution < 1.29 is 14.7 Å². The maximum atomic E-state index is 11.9. The van der Waals surface area contributed by atoms with Gasteiger partial charge in [-0.1, -0.05) is 0 Å². The summed E-state index contributed by atoms with van der Waals surface area (Å²) in [5, 5.41) is 14.4. The second kappa shape index (κ2) is 6.62. The molecule has 0 spiro atoms. The molecule has 0 saturated carbocycles. The lowest BCUT2D eigenvalue weighted by Gasteiger charge is -2.23. The topological polar surface area (TPSA) is 97.5 Å². The Bertz CT molecular complexity index is 520. The normalized spacial score (nSPS) is 16.7. The molecule has 1 fully saturated rings. The van der Waals surface area contributed by atoms with Gasteiger partial charge in [0, 0.05) is 18.3 Å². The van der Waals surface area contributed by atoms with Gasteiger partial charge in [0.2, 0.25) is 0 Å². The van der Waals surface area contributed by atoms with Gasteiger partial charge in [-0.2, -0.15) is 0 Å². The lowest BCUT2D eigenvalue weighted by Crippen LogP contribution is -2.42. The third kappa shape index (κ3) is 3.98. The number of likely N-dealkylation sites (tertiary alicyclic amines) is 1. The summed E-state index contributed by atoms with van der Waals surface area (Å²) in [6.45, 7) is 6.51. The van der Waals surface area contributed by atoms with E-state index in [0.29, 0.717) is 12.2 Å². The van der Waals surface area contributed by atoms with Gasteiger partial charge in [-0.25, -0.2) is 9.59 Å². The van der Waals surface area contributed by atoms with E-state index in [1.807, 2.05) is 0 Å². The number of urea groups is 1. The summed E-state index contributed by atoms with van der Waals surface area (Å²) in [5.41, 5.74) is 0.967. The first-order valence-corrected chi connectivity index (χ1v) is 7.19. The van der Waals surface area contributed by atoms with Gasteiger partial charge in [-0.15, -0.1) is 0 Å². The van der Waals surface area contributed by atoms with Crippen LogP contribution in [0.1, 0.15) is 35.9 Å². The van der Waals surface area contributed by atoms with Crippen LogP contribution in [0, 0.1) is 6.92 Å². The summed E-state index contributed by atoms with van der Waals surface area (Å²) < 4.78 is 0. The molecular weight excluding hydrogens is 272 g/mol. The number of carbonyl (C=O) groups excluding carboxylic acids is 1. The zero-order valence-corrected chi connectivity index (χ0v) is 12.4. The third-order valence-corrected chi connectivity index (χ3v) is 3.74. The molecule has 1 unspecified atom stereocenters. The highest BCUT2D eigenvalue weighted by Crippen LogP contribution is 2.16. The molecule has 7 nitrogen and oxygen atoms in total. The molecule has 1 saturated heterocycles. The first kappa shape index (κ1) is 15.4. The Kier molecular flexibility index (Phi) is 4.85. The first-order valence-electron chi connectivity index (χ1n) is 7.19. The maximum Gasteiger partial charge on any atom is 0.354 e. The van der Waals surface area contributed by atoms with Crippen molar-refractivity contribution in [2.75, 3.05) is 25.0 Å².